The Labute approximate surface area is 124 Å². The van der Waals surface area contributed by atoms with Gasteiger partial charge < -0.3 is 0 Å². The lowest BCUT2D eigenvalue weighted by Gasteiger charge is -2.50. The number of fused-ring (bicyclic) bond motifs is 5. The minimum Gasteiger partial charge on any atom is -0.0620 e. The minimum atomic E-state index is 0.656. The van der Waals surface area contributed by atoms with Gasteiger partial charge in [0.15, 0.2) is 0 Å². The highest BCUT2D eigenvalue weighted by Crippen LogP contribution is 2.62. The highest BCUT2D eigenvalue weighted by atomic mass is 14.6. The predicted molar refractivity (Wildman–Crippen MR) is 85.0 cm³/mol. The smallest absolute Gasteiger partial charge is 0.0128 e. The highest BCUT2D eigenvalue weighted by molar-refractivity contribution is 5.37. The number of benzene rings is 1. The summed E-state index contributed by atoms with van der Waals surface area (Å²) >= 11 is 0. The van der Waals surface area contributed by atoms with Crippen LogP contribution in [0, 0.1) is 30.1 Å². The summed E-state index contributed by atoms with van der Waals surface area (Å²) in [5.74, 6) is 3.81. The maximum atomic E-state index is 2.61. The molecule has 0 heteroatoms. The third kappa shape index (κ3) is 1.66. The Bertz CT molecular complexity index is 529. The zero-order chi connectivity index (χ0) is 13.9. The summed E-state index contributed by atoms with van der Waals surface area (Å²) in [6.07, 6.45) is 8.67. The average molecular weight is 268 g/mol. The van der Waals surface area contributed by atoms with Gasteiger partial charge in [-0.3, -0.25) is 0 Å². The van der Waals surface area contributed by atoms with Gasteiger partial charge in [-0.05, 0) is 85.7 Å². The van der Waals surface area contributed by atoms with Crippen LogP contribution >= 0.6 is 0 Å². The molecule has 2 saturated carbocycles. The largest absolute Gasteiger partial charge is 0.0620 e. The summed E-state index contributed by atoms with van der Waals surface area (Å²) in [5.41, 5.74) is 5.48. The molecule has 4 rings (SSSR count). The molecule has 5 unspecified atom stereocenters. The molecule has 3 aliphatic carbocycles. The van der Waals surface area contributed by atoms with E-state index >= 15 is 0 Å². The topological polar surface area (TPSA) is 0 Å². The van der Waals surface area contributed by atoms with E-state index in [0.29, 0.717) is 5.41 Å². The molecule has 0 nitrogen and oxygen atoms in total. The standard InChI is InChI=1S/C20H28/c1-13-4-7-16-15(12-13)6-8-18-17(16)10-11-20(3)14(2)5-9-19(18)20/h4,7,12,14,17-19H,5-6,8-11H2,1-3H3. The van der Waals surface area contributed by atoms with Crippen molar-refractivity contribution in [1.29, 1.82) is 0 Å². The first-order valence-electron chi connectivity index (χ1n) is 8.69. The Balaban J connectivity index is 1.71. The molecule has 0 saturated heterocycles. The maximum absolute atomic E-state index is 2.61. The fourth-order valence-corrected chi connectivity index (χ4v) is 5.97. The Morgan fingerprint density at radius 1 is 1.10 bits per heavy atom. The minimum absolute atomic E-state index is 0.656. The van der Waals surface area contributed by atoms with Crippen molar-refractivity contribution in [2.75, 3.05) is 0 Å². The number of rotatable bonds is 0. The van der Waals surface area contributed by atoms with Crippen LogP contribution in [0.2, 0.25) is 0 Å². The molecule has 1 aromatic rings. The molecule has 3 aliphatic rings. The van der Waals surface area contributed by atoms with Crippen LogP contribution in [0.3, 0.4) is 0 Å². The van der Waals surface area contributed by atoms with Crippen LogP contribution in [0.1, 0.15) is 68.6 Å². The molecule has 5 atom stereocenters. The molecular formula is C20H28. The second-order valence-corrected chi connectivity index (χ2v) is 8.14. The molecule has 20 heavy (non-hydrogen) atoms. The number of hydrogen-bond donors (Lipinski definition) is 0. The van der Waals surface area contributed by atoms with E-state index in [0.717, 1.165) is 23.7 Å². The summed E-state index contributed by atoms with van der Waals surface area (Å²) in [6.45, 7) is 7.36. The number of hydrogen-bond acceptors (Lipinski definition) is 0. The summed E-state index contributed by atoms with van der Waals surface area (Å²) in [4.78, 5) is 0. The summed E-state index contributed by atoms with van der Waals surface area (Å²) in [5, 5.41) is 0. The normalized spacial score (nSPS) is 42.8. The molecule has 0 amide bonds. The molecule has 0 aliphatic heterocycles. The fraction of sp³-hybridized carbons (Fsp3) is 0.700. The van der Waals surface area contributed by atoms with E-state index < -0.39 is 0 Å². The van der Waals surface area contributed by atoms with Crippen molar-refractivity contribution in [2.24, 2.45) is 23.2 Å². The van der Waals surface area contributed by atoms with E-state index in [1.54, 1.807) is 11.1 Å². The molecule has 0 radical (unpaired) electrons. The second-order valence-electron chi connectivity index (χ2n) is 8.14. The first-order chi connectivity index (χ1) is 9.59. The van der Waals surface area contributed by atoms with E-state index in [4.69, 9.17) is 0 Å². The molecule has 0 N–H and O–H groups in total. The quantitative estimate of drug-likeness (QED) is 0.584. The van der Waals surface area contributed by atoms with E-state index in [-0.39, 0.29) is 0 Å². The molecule has 1 aromatic carbocycles. The van der Waals surface area contributed by atoms with Crippen molar-refractivity contribution in [3.05, 3.63) is 34.9 Å². The number of aryl methyl sites for hydroxylation is 2. The molecule has 0 heterocycles. The van der Waals surface area contributed by atoms with Gasteiger partial charge in [0, 0.05) is 0 Å². The van der Waals surface area contributed by atoms with Crippen molar-refractivity contribution >= 4 is 0 Å². The van der Waals surface area contributed by atoms with Crippen LogP contribution in [-0.2, 0) is 6.42 Å². The van der Waals surface area contributed by atoms with Crippen molar-refractivity contribution in [3.8, 4) is 0 Å². The van der Waals surface area contributed by atoms with Crippen molar-refractivity contribution in [2.45, 2.75) is 65.2 Å². The Morgan fingerprint density at radius 2 is 1.95 bits per heavy atom. The van der Waals surface area contributed by atoms with Crippen LogP contribution in [0.4, 0.5) is 0 Å². The average Bonchev–Trinajstić information content (AvgIpc) is 2.74. The van der Waals surface area contributed by atoms with Crippen molar-refractivity contribution < 1.29 is 0 Å². The zero-order valence-electron chi connectivity index (χ0n) is 13.3. The van der Waals surface area contributed by atoms with Gasteiger partial charge in [-0.2, -0.15) is 0 Å². The van der Waals surface area contributed by atoms with Crippen LogP contribution in [0.5, 0.6) is 0 Å². The Kier molecular flexibility index (Phi) is 2.81. The maximum Gasteiger partial charge on any atom is -0.0128 e. The van der Waals surface area contributed by atoms with Gasteiger partial charge in [-0.15, -0.1) is 0 Å². The molecular weight excluding hydrogens is 240 g/mol. The molecule has 0 bridgehead atoms. The first kappa shape index (κ1) is 12.9. The summed E-state index contributed by atoms with van der Waals surface area (Å²) in [7, 11) is 0. The lowest BCUT2D eigenvalue weighted by Crippen LogP contribution is -2.41. The van der Waals surface area contributed by atoms with Crippen molar-refractivity contribution in [3.63, 3.8) is 0 Å². The van der Waals surface area contributed by atoms with Crippen molar-refractivity contribution in [1.82, 2.24) is 0 Å². The zero-order valence-corrected chi connectivity index (χ0v) is 13.3. The lowest BCUT2D eigenvalue weighted by atomic mass is 9.54. The van der Waals surface area contributed by atoms with Crippen LogP contribution < -0.4 is 0 Å². The Hall–Kier alpha value is -0.780. The van der Waals surface area contributed by atoms with Gasteiger partial charge in [-0.25, -0.2) is 0 Å². The second kappa shape index (κ2) is 4.36. The summed E-state index contributed by atoms with van der Waals surface area (Å²) < 4.78 is 0. The van der Waals surface area contributed by atoms with Crippen LogP contribution in [-0.4, -0.2) is 0 Å². The molecule has 0 spiro atoms. The highest BCUT2D eigenvalue weighted by Gasteiger charge is 2.53. The van der Waals surface area contributed by atoms with E-state index in [9.17, 15) is 0 Å². The van der Waals surface area contributed by atoms with Gasteiger partial charge in [0.2, 0.25) is 0 Å². The molecule has 108 valence electrons. The monoisotopic (exact) mass is 268 g/mol. The van der Waals surface area contributed by atoms with Crippen LogP contribution in [0.15, 0.2) is 18.2 Å². The lowest BCUT2D eigenvalue weighted by molar-refractivity contribution is 0.0337. The van der Waals surface area contributed by atoms with Gasteiger partial charge in [0.1, 0.15) is 0 Å². The SMILES string of the molecule is Cc1ccc2c(c1)CCC1C2CCC2(C)C(C)CCC12. The predicted octanol–water partition coefficient (Wildman–Crippen LogP) is 5.49. The molecule has 2 fully saturated rings. The molecule has 0 aromatic heterocycles. The Morgan fingerprint density at radius 3 is 2.80 bits per heavy atom. The first-order valence-corrected chi connectivity index (χ1v) is 8.69. The van der Waals surface area contributed by atoms with Crippen LogP contribution in [0.25, 0.3) is 0 Å². The van der Waals surface area contributed by atoms with Gasteiger partial charge >= 0.3 is 0 Å². The van der Waals surface area contributed by atoms with E-state index in [2.05, 4.69) is 39.0 Å². The van der Waals surface area contributed by atoms with E-state index in [1.165, 1.54) is 44.1 Å². The third-order valence-corrected chi connectivity index (χ3v) is 7.36. The van der Waals surface area contributed by atoms with Gasteiger partial charge in [-0.1, -0.05) is 37.6 Å². The van der Waals surface area contributed by atoms with E-state index in [1.807, 2.05) is 0 Å². The fourth-order valence-electron chi connectivity index (χ4n) is 5.97. The summed E-state index contributed by atoms with van der Waals surface area (Å²) in [6, 6.07) is 7.26. The third-order valence-electron chi connectivity index (χ3n) is 7.36. The van der Waals surface area contributed by atoms with Gasteiger partial charge in [0.05, 0.1) is 0 Å². The van der Waals surface area contributed by atoms with Gasteiger partial charge in [0.25, 0.3) is 0 Å².